The summed E-state index contributed by atoms with van der Waals surface area (Å²) in [4.78, 5) is 10.8. The summed E-state index contributed by atoms with van der Waals surface area (Å²) in [6, 6.07) is 1.99. The van der Waals surface area contributed by atoms with E-state index in [1.165, 1.54) is 12.8 Å². The molecule has 0 aromatic carbocycles. The third-order valence-corrected chi connectivity index (χ3v) is 2.30. The van der Waals surface area contributed by atoms with E-state index in [4.69, 9.17) is 0 Å². The highest BCUT2D eigenvalue weighted by molar-refractivity contribution is 5.35. The summed E-state index contributed by atoms with van der Waals surface area (Å²) in [5.41, 5.74) is 1.02. The molecule has 1 rings (SSSR count). The highest BCUT2D eigenvalue weighted by atomic mass is 15.1. The van der Waals surface area contributed by atoms with E-state index in [1.807, 2.05) is 19.9 Å². The van der Waals surface area contributed by atoms with E-state index < -0.39 is 0 Å². The van der Waals surface area contributed by atoms with E-state index >= 15 is 0 Å². The largest absolute Gasteiger partial charge is 0.370 e. The molecule has 1 N–H and O–H groups in total. The lowest BCUT2D eigenvalue weighted by molar-refractivity contribution is 0.396. The number of nitrogens with one attached hydrogen (secondary N) is 1. The third-order valence-electron chi connectivity index (χ3n) is 2.30. The number of nitrogens with zero attached hydrogens (tertiary/aromatic N) is 3. The summed E-state index contributed by atoms with van der Waals surface area (Å²) in [6.07, 6.45) is 2.38. The van der Waals surface area contributed by atoms with Crippen molar-refractivity contribution in [1.82, 2.24) is 14.9 Å². The molecule has 1 aromatic heterocycles. The Hall–Kier alpha value is -1.16. The molecule has 0 unspecified atom stereocenters. The first-order chi connectivity index (χ1) is 7.58. The van der Waals surface area contributed by atoms with Gasteiger partial charge in [0.25, 0.3) is 0 Å². The number of rotatable bonds is 6. The summed E-state index contributed by atoms with van der Waals surface area (Å²) in [5.74, 6) is 1.77. The lowest BCUT2D eigenvalue weighted by Gasteiger charge is -2.10. The molecule has 16 heavy (non-hydrogen) atoms. The summed E-state index contributed by atoms with van der Waals surface area (Å²) in [6.45, 7) is 6.03. The van der Waals surface area contributed by atoms with Crippen LogP contribution in [-0.4, -0.2) is 42.1 Å². The monoisotopic (exact) mass is 222 g/mol. The van der Waals surface area contributed by atoms with Crippen LogP contribution >= 0.6 is 0 Å². The van der Waals surface area contributed by atoms with Crippen molar-refractivity contribution in [2.45, 2.75) is 26.7 Å². The van der Waals surface area contributed by atoms with Crippen molar-refractivity contribution in [3.8, 4) is 0 Å². The first-order valence-electron chi connectivity index (χ1n) is 5.79. The zero-order valence-electron chi connectivity index (χ0n) is 10.7. The Kier molecular flexibility index (Phi) is 5.19. The lowest BCUT2D eigenvalue weighted by Crippen LogP contribution is -2.14. The molecule has 1 aromatic rings. The van der Waals surface area contributed by atoms with Gasteiger partial charge >= 0.3 is 0 Å². The Morgan fingerprint density at radius 1 is 1.19 bits per heavy atom. The van der Waals surface area contributed by atoms with Gasteiger partial charge in [0, 0.05) is 18.3 Å². The zero-order valence-corrected chi connectivity index (χ0v) is 10.7. The second kappa shape index (κ2) is 6.43. The van der Waals surface area contributed by atoms with Crippen LogP contribution in [0.5, 0.6) is 0 Å². The van der Waals surface area contributed by atoms with Crippen LogP contribution in [0.15, 0.2) is 6.07 Å². The molecule has 4 nitrogen and oxygen atoms in total. The SMILES string of the molecule is Cc1cc(NCCCCN(C)C)nc(C)n1. The molecular weight excluding hydrogens is 200 g/mol. The minimum Gasteiger partial charge on any atom is -0.370 e. The molecule has 0 saturated carbocycles. The van der Waals surface area contributed by atoms with Gasteiger partial charge in [-0.1, -0.05) is 0 Å². The summed E-state index contributed by atoms with van der Waals surface area (Å²) in [5, 5.41) is 3.33. The van der Waals surface area contributed by atoms with Crippen LogP contribution < -0.4 is 5.32 Å². The maximum absolute atomic E-state index is 4.33. The Labute approximate surface area is 98.1 Å². The topological polar surface area (TPSA) is 41.0 Å². The Morgan fingerprint density at radius 3 is 2.56 bits per heavy atom. The fourth-order valence-corrected chi connectivity index (χ4v) is 1.58. The molecule has 0 amide bonds. The van der Waals surface area contributed by atoms with Crippen LogP contribution in [0.25, 0.3) is 0 Å². The molecule has 0 aliphatic carbocycles. The molecule has 0 bridgehead atoms. The van der Waals surface area contributed by atoms with Crippen molar-refractivity contribution in [1.29, 1.82) is 0 Å². The fourth-order valence-electron chi connectivity index (χ4n) is 1.58. The second-order valence-electron chi connectivity index (χ2n) is 4.38. The molecular formula is C12H22N4. The van der Waals surface area contributed by atoms with Gasteiger partial charge in [-0.3, -0.25) is 0 Å². The molecule has 0 spiro atoms. The van der Waals surface area contributed by atoms with E-state index in [-0.39, 0.29) is 0 Å². The first-order valence-corrected chi connectivity index (χ1v) is 5.79. The van der Waals surface area contributed by atoms with Crippen LogP contribution in [0.1, 0.15) is 24.4 Å². The fraction of sp³-hybridized carbons (Fsp3) is 0.667. The van der Waals surface area contributed by atoms with E-state index in [9.17, 15) is 0 Å². The quantitative estimate of drug-likeness (QED) is 0.746. The van der Waals surface area contributed by atoms with Gasteiger partial charge in [-0.05, 0) is 47.3 Å². The van der Waals surface area contributed by atoms with Crippen molar-refractivity contribution in [2.24, 2.45) is 0 Å². The summed E-state index contributed by atoms with van der Waals surface area (Å²) < 4.78 is 0. The maximum atomic E-state index is 4.33. The van der Waals surface area contributed by atoms with Crippen molar-refractivity contribution in [3.63, 3.8) is 0 Å². The predicted molar refractivity (Wildman–Crippen MR) is 67.8 cm³/mol. The predicted octanol–water partition coefficient (Wildman–Crippen LogP) is 1.85. The van der Waals surface area contributed by atoms with Gasteiger partial charge in [0.05, 0.1) is 0 Å². The van der Waals surface area contributed by atoms with Crippen molar-refractivity contribution >= 4 is 5.82 Å². The molecule has 4 heteroatoms. The van der Waals surface area contributed by atoms with Crippen molar-refractivity contribution in [3.05, 3.63) is 17.6 Å². The molecule has 0 saturated heterocycles. The van der Waals surface area contributed by atoms with Crippen molar-refractivity contribution in [2.75, 3.05) is 32.5 Å². The second-order valence-corrected chi connectivity index (χ2v) is 4.38. The van der Waals surface area contributed by atoms with Crippen LogP contribution in [0, 0.1) is 13.8 Å². The number of aromatic nitrogens is 2. The molecule has 90 valence electrons. The van der Waals surface area contributed by atoms with Gasteiger partial charge in [0.2, 0.25) is 0 Å². The standard InChI is InChI=1S/C12H22N4/c1-10-9-12(15-11(2)14-10)13-7-5-6-8-16(3)4/h9H,5-8H2,1-4H3,(H,13,14,15). The average molecular weight is 222 g/mol. The van der Waals surface area contributed by atoms with Crippen LogP contribution in [0.2, 0.25) is 0 Å². The van der Waals surface area contributed by atoms with E-state index in [0.29, 0.717) is 0 Å². The van der Waals surface area contributed by atoms with Gasteiger partial charge in [-0.2, -0.15) is 0 Å². The molecule has 0 radical (unpaired) electrons. The number of hydrogen-bond acceptors (Lipinski definition) is 4. The van der Waals surface area contributed by atoms with Gasteiger partial charge in [0.1, 0.15) is 11.6 Å². The van der Waals surface area contributed by atoms with Gasteiger partial charge in [-0.25, -0.2) is 9.97 Å². The highest BCUT2D eigenvalue weighted by Crippen LogP contribution is 2.05. The first kappa shape index (κ1) is 12.9. The lowest BCUT2D eigenvalue weighted by atomic mass is 10.3. The normalized spacial score (nSPS) is 10.8. The number of unbranched alkanes of at least 4 members (excludes halogenated alkanes) is 1. The zero-order chi connectivity index (χ0) is 12.0. The van der Waals surface area contributed by atoms with Crippen LogP contribution in [0.4, 0.5) is 5.82 Å². The molecule has 0 aliphatic heterocycles. The van der Waals surface area contributed by atoms with Gasteiger partial charge in [-0.15, -0.1) is 0 Å². The summed E-state index contributed by atoms with van der Waals surface area (Å²) in [7, 11) is 4.20. The molecule has 0 atom stereocenters. The number of aryl methyl sites for hydroxylation is 2. The van der Waals surface area contributed by atoms with E-state index in [2.05, 4.69) is 34.3 Å². The highest BCUT2D eigenvalue weighted by Gasteiger charge is 1.97. The molecule has 0 aliphatic rings. The molecule has 1 heterocycles. The minimum absolute atomic E-state index is 0.829. The Balaban J connectivity index is 2.26. The minimum atomic E-state index is 0.829. The van der Waals surface area contributed by atoms with Crippen LogP contribution in [0.3, 0.4) is 0 Å². The number of hydrogen-bond donors (Lipinski definition) is 1. The maximum Gasteiger partial charge on any atom is 0.129 e. The molecule has 0 fully saturated rings. The summed E-state index contributed by atoms with van der Waals surface area (Å²) >= 11 is 0. The number of anilines is 1. The third kappa shape index (κ3) is 5.07. The van der Waals surface area contributed by atoms with Gasteiger partial charge in [0.15, 0.2) is 0 Å². The smallest absolute Gasteiger partial charge is 0.129 e. The Bertz CT molecular complexity index is 303. The van der Waals surface area contributed by atoms with Crippen molar-refractivity contribution < 1.29 is 0 Å². The van der Waals surface area contributed by atoms with Crippen LogP contribution in [-0.2, 0) is 0 Å². The van der Waals surface area contributed by atoms with E-state index in [1.54, 1.807) is 0 Å². The Morgan fingerprint density at radius 2 is 1.94 bits per heavy atom. The van der Waals surface area contributed by atoms with E-state index in [0.717, 1.165) is 30.4 Å². The average Bonchev–Trinajstić information content (AvgIpc) is 2.15. The van der Waals surface area contributed by atoms with Gasteiger partial charge < -0.3 is 10.2 Å².